The zero-order valence-electron chi connectivity index (χ0n) is 17.1. The number of alkyl halides is 3. The summed E-state index contributed by atoms with van der Waals surface area (Å²) in [5, 5.41) is 0. The molecule has 0 heterocycles. The Hall–Kier alpha value is -1.39. The number of benzene rings is 1. The Morgan fingerprint density at radius 3 is 1.90 bits per heavy atom. The minimum absolute atomic E-state index is 0.139. The lowest BCUT2D eigenvalue weighted by Crippen LogP contribution is -2.25. The third kappa shape index (κ3) is 6.55. The minimum Gasteiger partial charge on any atom is -0.206 e. The fourth-order valence-electron chi connectivity index (χ4n) is 5.19. The molecule has 0 amide bonds. The summed E-state index contributed by atoms with van der Waals surface area (Å²) >= 11 is 0. The van der Waals surface area contributed by atoms with Crippen LogP contribution in [0.25, 0.3) is 6.08 Å². The van der Waals surface area contributed by atoms with Gasteiger partial charge in [0.1, 0.15) is 11.6 Å². The monoisotopic (exact) mass is 414 g/mol. The van der Waals surface area contributed by atoms with Crippen molar-refractivity contribution in [2.45, 2.75) is 77.3 Å². The smallest absolute Gasteiger partial charge is 0.206 e. The van der Waals surface area contributed by atoms with E-state index in [4.69, 9.17) is 0 Å². The van der Waals surface area contributed by atoms with Gasteiger partial charge in [0.15, 0.2) is 0 Å². The molecule has 1 aromatic carbocycles. The molecule has 2 saturated carbocycles. The fourth-order valence-corrected chi connectivity index (χ4v) is 5.19. The molecule has 0 saturated heterocycles. The van der Waals surface area contributed by atoms with Crippen LogP contribution in [0.4, 0.5) is 22.0 Å². The first-order valence-corrected chi connectivity index (χ1v) is 10.9. The standard InChI is InChI=1S/C24H31F5/c1-16-2-8-19(9-3-16)20-10-6-17(7-11-20)4-5-18-14-22(25)21(23(26)15-18)12-13-24(27,28)29/h12-17,19-20H,2-11H2,1H3/b13-12+. The van der Waals surface area contributed by atoms with Gasteiger partial charge in [-0.3, -0.25) is 0 Å². The van der Waals surface area contributed by atoms with Gasteiger partial charge in [-0.25, -0.2) is 8.78 Å². The van der Waals surface area contributed by atoms with Crippen LogP contribution in [0.1, 0.15) is 75.8 Å². The molecule has 2 aliphatic carbocycles. The van der Waals surface area contributed by atoms with Crippen LogP contribution in [-0.2, 0) is 6.42 Å². The van der Waals surface area contributed by atoms with Gasteiger partial charge in [-0.05, 0) is 86.0 Å². The molecule has 0 nitrogen and oxygen atoms in total. The molecule has 3 rings (SSSR count). The van der Waals surface area contributed by atoms with E-state index in [0.717, 1.165) is 24.2 Å². The highest BCUT2D eigenvalue weighted by molar-refractivity contribution is 5.52. The average Bonchev–Trinajstić information content (AvgIpc) is 2.66. The van der Waals surface area contributed by atoms with Crippen LogP contribution in [0.15, 0.2) is 18.2 Å². The summed E-state index contributed by atoms with van der Waals surface area (Å²) in [4.78, 5) is 0. The Bertz CT molecular complexity index is 667. The molecule has 0 atom stereocenters. The molecule has 0 spiro atoms. The average molecular weight is 415 g/mol. The summed E-state index contributed by atoms with van der Waals surface area (Å²) in [5.41, 5.74) is -0.110. The SMILES string of the molecule is CC1CCC(C2CCC(CCc3cc(F)c(/C=C/C(F)(F)F)c(F)c3)CC2)CC1. The number of aryl methyl sites for hydroxylation is 1. The van der Waals surface area contributed by atoms with Gasteiger partial charge in [0.25, 0.3) is 0 Å². The van der Waals surface area contributed by atoms with Gasteiger partial charge in [-0.1, -0.05) is 32.6 Å². The molecule has 29 heavy (non-hydrogen) atoms. The Kier molecular flexibility index (Phi) is 7.39. The molecular weight excluding hydrogens is 383 g/mol. The first-order valence-electron chi connectivity index (χ1n) is 10.9. The topological polar surface area (TPSA) is 0 Å². The van der Waals surface area contributed by atoms with E-state index < -0.39 is 23.4 Å². The maximum atomic E-state index is 14.1. The molecule has 0 N–H and O–H groups in total. The summed E-state index contributed by atoms with van der Waals surface area (Å²) in [5.74, 6) is 1.30. The summed E-state index contributed by atoms with van der Waals surface area (Å²) < 4.78 is 64.9. The Morgan fingerprint density at radius 1 is 0.862 bits per heavy atom. The van der Waals surface area contributed by atoms with Crippen LogP contribution in [0.5, 0.6) is 0 Å². The summed E-state index contributed by atoms with van der Waals surface area (Å²) in [6.45, 7) is 2.35. The maximum Gasteiger partial charge on any atom is 0.409 e. The van der Waals surface area contributed by atoms with E-state index in [2.05, 4.69) is 6.92 Å². The van der Waals surface area contributed by atoms with Gasteiger partial charge in [0.2, 0.25) is 0 Å². The highest BCUT2D eigenvalue weighted by atomic mass is 19.4. The van der Waals surface area contributed by atoms with Crippen molar-refractivity contribution < 1.29 is 22.0 Å². The van der Waals surface area contributed by atoms with Crippen LogP contribution in [0, 0.1) is 35.3 Å². The van der Waals surface area contributed by atoms with Crippen molar-refractivity contribution in [1.29, 1.82) is 0 Å². The molecule has 0 unspecified atom stereocenters. The second-order valence-corrected chi connectivity index (χ2v) is 9.19. The molecule has 2 aliphatic rings. The normalized spacial score (nSPS) is 28.8. The van der Waals surface area contributed by atoms with Crippen molar-refractivity contribution >= 4 is 6.08 Å². The second-order valence-electron chi connectivity index (χ2n) is 9.19. The molecule has 0 bridgehead atoms. The summed E-state index contributed by atoms with van der Waals surface area (Å²) in [6.07, 6.45) is 7.48. The zero-order valence-corrected chi connectivity index (χ0v) is 17.1. The lowest BCUT2D eigenvalue weighted by atomic mass is 9.69. The van der Waals surface area contributed by atoms with Crippen LogP contribution in [0.2, 0.25) is 0 Å². The molecule has 0 radical (unpaired) electrons. The molecule has 1 aromatic rings. The van der Waals surface area contributed by atoms with E-state index in [1.165, 1.54) is 63.5 Å². The fraction of sp³-hybridized carbons (Fsp3) is 0.667. The molecule has 0 aliphatic heterocycles. The van der Waals surface area contributed by atoms with Crippen LogP contribution in [-0.4, -0.2) is 6.18 Å². The molecule has 5 heteroatoms. The van der Waals surface area contributed by atoms with Crippen LogP contribution < -0.4 is 0 Å². The zero-order chi connectivity index (χ0) is 21.0. The van der Waals surface area contributed by atoms with Gasteiger partial charge in [0.05, 0.1) is 0 Å². The molecular formula is C24H31F5. The second kappa shape index (κ2) is 9.61. The van der Waals surface area contributed by atoms with E-state index in [0.29, 0.717) is 24.0 Å². The largest absolute Gasteiger partial charge is 0.409 e. The van der Waals surface area contributed by atoms with E-state index >= 15 is 0 Å². The summed E-state index contributed by atoms with van der Waals surface area (Å²) in [7, 11) is 0. The highest BCUT2D eigenvalue weighted by Gasteiger charge is 2.30. The van der Waals surface area contributed by atoms with Crippen molar-refractivity contribution in [3.8, 4) is 0 Å². The lowest BCUT2D eigenvalue weighted by molar-refractivity contribution is -0.0790. The third-order valence-corrected chi connectivity index (χ3v) is 7.04. The van der Waals surface area contributed by atoms with E-state index in [-0.39, 0.29) is 6.08 Å². The van der Waals surface area contributed by atoms with Crippen molar-refractivity contribution in [3.63, 3.8) is 0 Å². The Morgan fingerprint density at radius 2 is 1.38 bits per heavy atom. The van der Waals surface area contributed by atoms with Crippen molar-refractivity contribution in [2.24, 2.45) is 23.7 Å². The van der Waals surface area contributed by atoms with E-state index in [9.17, 15) is 22.0 Å². The number of hydrogen-bond acceptors (Lipinski definition) is 0. The minimum atomic E-state index is -4.59. The maximum absolute atomic E-state index is 14.1. The number of rotatable bonds is 5. The highest BCUT2D eigenvalue weighted by Crippen LogP contribution is 2.42. The first-order chi connectivity index (χ1) is 13.7. The van der Waals surface area contributed by atoms with Gasteiger partial charge < -0.3 is 0 Å². The van der Waals surface area contributed by atoms with Gasteiger partial charge >= 0.3 is 6.18 Å². The third-order valence-electron chi connectivity index (χ3n) is 7.04. The van der Waals surface area contributed by atoms with Crippen LogP contribution >= 0.6 is 0 Å². The molecule has 162 valence electrons. The van der Waals surface area contributed by atoms with Gasteiger partial charge in [0, 0.05) is 11.6 Å². The molecule has 0 aromatic heterocycles. The van der Waals surface area contributed by atoms with Crippen LogP contribution in [0.3, 0.4) is 0 Å². The number of allylic oxidation sites excluding steroid dienone is 1. The number of hydrogen-bond donors (Lipinski definition) is 0. The van der Waals surface area contributed by atoms with Gasteiger partial charge in [-0.2, -0.15) is 13.2 Å². The Labute approximate surface area is 170 Å². The number of halogens is 5. The molecule has 2 fully saturated rings. The quantitative estimate of drug-likeness (QED) is 0.427. The predicted octanol–water partition coefficient (Wildman–Crippen LogP) is 8.11. The van der Waals surface area contributed by atoms with E-state index in [1.807, 2.05) is 0 Å². The van der Waals surface area contributed by atoms with Gasteiger partial charge in [-0.15, -0.1) is 0 Å². The predicted molar refractivity (Wildman–Crippen MR) is 106 cm³/mol. The van der Waals surface area contributed by atoms with Crippen molar-refractivity contribution in [2.75, 3.05) is 0 Å². The van der Waals surface area contributed by atoms with E-state index in [1.54, 1.807) is 0 Å². The Balaban J connectivity index is 1.49. The van der Waals surface area contributed by atoms with Crippen molar-refractivity contribution in [3.05, 3.63) is 41.0 Å². The summed E-state index contributed by atoms with van der Waals surface area (Å²) in [6, 6.07) is 2.35. The van der Waals surface area contributed by atoms with Crippen molar-refractivity contribution in [1.82, 2.24) is 0 Å². The lowest BCUT2D eigenvalue weighted by Gasteiger charge is -2.37. The first kappa shape index (κ1) is 22.3.